The first-order chi connectivity index (χ1) is 9.10. The van der Waals surface area contributed by atoms with E-state index >= 15 is 0 Å². The highest BCUT2D eigenvalue weighted by Gasteiger charge is 2.39. The zero-order chi connectivity index (χ0) is 13.9. The van der Waals surface area contributed by atoms with Crippen LogP contribution in [0.5, 0.6) is 0 Å². The number of ether oxygens (including phenoxy) is 1. The summed E-state index contributed by atoms with van der Waals surface area (Å²) in [4.78, 5) is 0. The maximum Gasteiger partial charge on any atom is 0.123 e. The number of rotatable bonds is 6. The minimum absolute atomic E-state index is 0.0356. The molecule has 4 heteroatoms. The van der Waals surface area contributed by atoms with Gasteiger partial charge in [0.25, 0.3) is 0 Å². The highest BCUT2D eigenvalue weighted by Crippen LogP contribution is 2.42. The summed E-state index contributed by atoms with van der Waals surface area (Å²) in [6, 6.07) is 4.58. The van der Waals surface area contributed by atoms with Gasteiger partial charge in [0.1, 0.15) is 5.82 Å². The average Bonchev–Trinajstić information content (AvgIpc) is 2.35. The molecule has 1 unspecified atom stereocenters. The lowest BCUT2D eigenvalue weighted by atomic mass is 9.74. The van der Waals surface area contributed by atoms with Gasteiger partial charge in [-0.25, -0.2) is 4.39 Å². The van der Waals surface area contributed by atoms with Gasteiger partial charge < -0.3 is 10.1 Å². The van der Waals surface area contributed by atoms with Crippen LogP contribution in [-0.4, -0.2) is 19.3 Å². The van der Waals surface area contributed by atoms with Gasteiger partial charge in [0, 0.05) is 18.2 Å². The van der Waals surface area contributed by atoms with Crippen LogP contribution in [0.3, 0.4) is 0 Å². The molecule has 1 fully saturated rings. The third-order valence-corrected chi connectivity index (χ3v) is 4.40. The summed E-state index contributed by atoms with van der Waals surface area (Å²) >= 11 is 6.21. The average molecular weight is 286 g/mol. The first-order valence-corrected chi connectivity index (χ1v) is 7.21. The van der Waals surface area contributed by atoms with Crippen molar-refractivity contribution in [2.45, 2.75) is 44.2 Å². The fourth-order valence-electron chi connectivity index (χ4n) is 2.75. The molecule has 1 aliphatic rings. The van der Waals surface area contributed by atoms with Crippen molar-refractivity contribution in [2.75, 3.05) is 13.7 Å². The molecule has 1 aromatic carbocycles. The molecule has 1 aromatic rings. The summed E-state index contributed by atoms with van der Waals surface area (Å²) in [6.45, 7) is 2.86. The smallest absolute Gasteiger partial charge is 0.123 e. The lowest BCUT2D eigenvalue weighted by Gasteiger charge is -2.43. The number of hydrogen-bond acceptors (Lipinski definition) is 2. The number of methoxy groups -OCH3 is 1. The van der Waals surface area contributed by atoms with Gasteiger partial charge in [0.05, 0.1) is 5.60 Å². The Morgan fingerprint density at radius 1 is 1.47 bits per heavy atom. The normalized spacial score (nSPS) is 18.9. The standard InChI is InChI=1S/C15H21ClFNO/c1-3-18-14(10-15(19-2)7-4-8-15)12-9-11(17)5-6-13(12)16/h5-6,9,14,18H,3-4,7-8,10H2,1-2H3. The van der Waals surface area contributed by atoms with E-state index in [-0.39, 0.29) is 17.5 Å². The van der Waals surface area contributed by atoms with E-state index in [4.69, 9.17) is 16.3 Å². The summed E-state index contributed by atoms with van der Waals surface area (Å²) in [7, 11) is 1.76. The number of nitrogens with one attached hydrogen (secondary N) is 1. The predicted octanol–water partition coefficient (Wildman–Crippen LogP) is 4.09. The summed E-state index contributed by atoms with van der Waals surface area (Å²) in [6.07, 6.45) is 4.17. The summed E-state index contributed by atoms with van der Waals surface area (Å²) < 4.78 is 19.1. The van der Waals surface area contributed by atoms with Crippen molar-refractivity contribution >= 4 is 11.6 Å². The van der Waals surface area contributed by atoms with Gasteiger partial charge in [0.2, 0.25) is 0 Å². The quantitative estimate of drug-likeness (QED) is 0.850. The Hall–Kier alpha value is -0.640. The molecule has 0 radical (unpaired) electrons. The molecule has 2 nitrogen and oxygen atoms in total. The van der Waals surface area contributed by atoms with E-state index in [0.29, 0.717) is 5.02 Å². The van der Waals surface area contributed by atoms with Gasteiger partial charge in [-0.2, -0.15) is 0 Å². The minimum Gasteiger partial charge on any atom is -0.378 e. The van der Waals surface area contributed by atoms with Gasteiger partial charge in [-0.1, -0.05) is 18.5 Å². The molecule has 0 saturated heterocycles. The van der Waals surface area contributed by atoms with Crippen LogP contribution in [0, 0.1) is 5.82 Å². The molecule has 19 heavy (non-hydrogen) atoms. The van der Waals surface area contributed by atoms with E-state index in [1.165, 1.54) is 18.6 Å². The number of hydrogen-bond donors (Lipinski definition) is 1. The largest absolute Gasteiger partial charge is 0.378 e. The van der Waals surface area contributed by atoms with E-state index in [9.17, 15) is 4.39 Å². The molecule has 1 saturated carbocycles. The van der Waals surface area contributed by atoms with Crippen molar-refractivity contribution in [3.8, 4) is 0 Å². The Morgan fingerprint density at radius 2 is 2.21 bits per heavy atom. The van der Waals surface area contributed by atoms with Crippen LogP contribution in [0.2, 0.25) is 5.02 Å². The van der Waals surface area contributed by atoms with Crippen molar-refractivity contribution in [3.63, 3.8) is 0 Å². The number of benzene rings is 1. The van der Waals surface area contributed by atoms with Crippen LogP contribution in [0.4, 0.5) is 4.39 Å². The van der Waals surface area contributed by atoms with Gasteiger partial charge >= 0.3 is 0 Å². The van der Waals surface area contributed by atoms with E-state index in [0.717, 1.165) is 31.4 Å². The van der Waals surface area contributed by atoms with Crippen molar-refractivity contribution in [1.82, 2.24) is 5.32 Å². The van der Waals surface area contributed by atoms with Gasteiger partial charge in [-0.3, -0.25) is 0 Å². The van der Waals surface area contributed by atoms with Crippen molar-refractivity contribution in [2.24, 2.45) is 0 Å². The zero-order valence-corrected chi connectivity index (χ0v) is 12.3. The van der Waals surface area contributed by atoms with Crippen LogP contribution in [0.1, 0.15) is 44.2 Å². The molecule has 0 heterocycles. The molecule has 0 aliphatic heterocycles. The van der Waals surface area contributed by atoms with Crippen LogP contribution in [0.25, 0.3) is 0 Å². The van der Waals surface area contributed by atoms with Gasteiger partial charge in [0.15, 0.2) is 0 Å². The second-order valence-corrected chi connectivity index (χ2v) is 5.63. The van der Waals surface area contributed by atoms with Crippen LogP contribution >= 0.6 is 11.6 Å². The summed E-state index contributed by atoms with van der Waals surface area (Å²) in [5, 5.41) is 4.00. The molecule has 1 aliphatic carbocycles. The molecule has 1 N–H and O–H groups in total. The fraction of sp³-hybridized carbons (Fsp3) is 0.600. The Morgan fingerprint density at radius 3 is 2.74 bits per heavy atom. The second-order valence-electron chi connectivity index (χ2n) is 5.22. The topological polar surface area (TPSA) is 21.3 Å². The van der Waals surface area contributed by atoms with Crippen LogP contribution in [-0.2, 0) is 4.74 Å². The monoisotopic (exact) mass is 285 g/mol. The fourth-order valence-corrected chi connectivity index (χ4v) is 3.00. The van der Waals surface area contributed by atoms with E-state index in [1.807, 2.05) is 6.92 Å². The number of halogens is 2. The van der Waals surface area contributed by atoms with Crippen molar-refractivity contribution < 1.29 is 9.13 Å². The maximum atomic E-state index is 13.4. The van der Waals surface area contributed by atoms with Crippen LogP contribution in [0.15, 0.2) is 18.2 Å². The Kier molecular flexibility index (Phi) is 4.82. The molecule has 106 valence electrons. The van der Waals surface area contributed by atoms with E-state index < -0.39 is 0 Å². The maximum absolute atomic E-state index is 13.4. The van der Waals surface area contributed by atoms with Crippen molar-refractivity contribution in [1.29, 1.82) is 0 Å². The lowest BCUT2D eigenvalue weighted by Crippen LogP contribution is -2.43. The molecule has 2 rings (SSSR count). The van der Waals surface area contributed by atoms with Gasteiger partial charge in [-0.05, 0) is 56.0 Å². The highest BCUT2D eigenvalue weighted by atomic mass is 35.5. The SMILES string of the molecule is CCNC(CC1(OC)CCC1)c1cc(F)ccc1Cl. The lowest BCUT2D eigenvalue weighted by molar-refractivity contribution is -0.0837. The first kappa shape index (κ1) is 14.8. The summed E-state index contributed by atoms with van der Waals surface area (Å²) in [5.74, 6) is -0.248. The summed E-state index contributed by atoms with van der Waals surface area (Å²) in [5.41, 5.74) is 0.759. The van der Waals surface area contributed by atoms with Gasteiger partial charge in [-0.15, -0.1) is 0 Å². The molecular formula is C15H21ClFNO. The third kappa shape index (κ3) is 3.28. The van der Waals surface area contributed by atoms with Crippen LogP contribution < -0.4 is 5.32 Å². The predicted molar refractivity (Wildman–Crippen MR) is 76.0 cm³/mol. The molecule has 1 atom stereocenters. The van der Waals surface area contributed by atoms with E-state index in [1.54, 1.807) is 13.2 Å². The van der Waals surface area contributed by atoms with E-state index in [2.05, 4.69) is 5.32 Å². The Labute approximate surface area is 119 Å². The molecular weight excluding hydrogens is 265 g/mol. The second kappa shape index (κ2) is 6.21. The molecule has 0 bridgehead atoms. The zero-order valence-electron chi connectivity index (χ0n) is 11.5. The Balaban J connectivity index is 2.21. The highest BCUT2D eigenvalue weighted by molar-refractivity contribution is 6.31. The first-order valence-electron chi connectivity index (χ1n) is 6.84. The molecule has 0 amide bonds. The Bertz CT molecular complexity index is 429. The molecule has 0 aromatic heterocycles. The van der Waals surface area contributed by atoms with Crippen molar-refractivity contribution in [3.05, 3.63) is 34.6 Å². The molecule has 0 spiro atoms. The third-order valence-electron chi connectivity index (χ3n) is 4.06. The minimum atomic E-state index is -0.248.